The van der Waals surface area contributed by atoms with Gasteiger partial charge in [0.25, 0.3) is 0 Å². The average molecular weight is 240 g/mol. The highest BCUT2D eigenvalue weighted by molar-refractivity contribution is 5.39. The van der Waals surface area contributed by atoms with Gasteiger partial charge < -0.3 is 0 Å². The van der Waals surface area contributed by atoms with Gasteiger partial charge in [0.05, 0.1) is 0 Å². The Kier molecular flexibility index (Phi) is 4.13. The van der Waals surface area contributed by atoms with Crippen molar-refractivity contribution in [1.82, 2.24) is 0 Å². The van der Waals surface area contributed by atoms with Crippen molar-refractivity contribution in [3.8, 4) is 12.1 Å². The molecule has 0 saturated carbocycles. The molecule has 0 radical (unpaired) electrons. The van der Waals surface area contributed by atoms with E-state index in [1.807, 2.05) is 0 Å². The van der Waals surface area contributed by atoms with Gasteiger partial charge in [-0.3, -0.25) is 0 Å². The summed E-state index contributed by atoms with van der Waals surface area (Å²) < 4.78 is 71.3. The van der Waals surface area contributed by atoms with Gasteiger partial charge in [-0.1, -0.05) is 0 Å². The number of allylic oxidation sites excluding steroid dienone is 4. The van der Waals surface area contributed by atoms with E-state index in [0.29, 0.717) is 0 Å². The molecular weight excluding hydrogens is 238 g/mol. The Morgan fingerprint density at radius 1 is 0.812 bits per heavy atom. The van der Waals surface area contributed by atoms with Crippen molar-refractivity contribution >= 4 is 0 Å². The molecule has 0 rings (SSSR count). The van der Waals surface area contributed by atoms with E-state index in [-0.39, 0.29) is 12.2 Å². The van der Waals surface area contributed by atoms with Crippen LogP contribution in [-0.4, -0.2) is 12.4 Å². The SMILES string of the molecule is N#CC(C#N)=CC=C(C(F)(F)F)C(F)(F)F. The number of nitrogens with zero attached hydrogens (tertiary/aromatic N) is 2. The van der Waals surface area contributed by atoms with Crippen LogP contribution in [0.3, 0.4) is 0 Å². The third-order valence-corrected chi connectivity index (χ3v) is 1.27. The fraction of sp³-hybridized carbons (Fsp3) is 0.250. The van der Waals surface area contributed by atoms with E-state index >= 15 is 0 Å². The molecule has 0 aliphatic carbocycles. The summed E-state index contributed by atoms with van der Waals surface area (Å²) in [7, 11) is 0. The Bertz CT molecular complexity index is 366. The van der Waals surface area contributed by atoms with Crippen LogP contribution in [0.2, 0.25) is 0 Å². The molecule has 0 unspecified atom stereocenters. The average Bonchev–Trinajstić information content (AvgIpc) is 2.08. The van der Waals surface area contributed by atoms with Gasteiger partial charge in [-0.05, 0) is 12.2 Å². The largest absolute Gasteiger partial charge is 0.421 e. The first-order valence-electron chi connectivity index (χ1n) is 3.49. The summed E-state index contributed by atoms with van der Waals surface area (Å²) in [5.74, 6) is 0. The highest BCUT2D eigenvalue weighted by atomic mass is 19.4. The number of hydrogen-bond donors (Lipinski definition) is 0. The van der Waals surface area contributed by atoms with Gasteiger partial charge in [0, 0.05) is 0 Å². The summed E-state index contributed by atoms with van der Waals surface area (Å²) >= 11 is 0. The molecule has 0 heterocycles. The van der Waals surface area contributed by atoms with E-state index in [0.717, 1.165) is 12.1 Å². The summed E-state index contributed by atoms with van der Waals surface area (Å²) in [6.45, 7) is 0. The first kappa shape index (κ1) is 14.0. The van der Waals surface area contributed by atoms with Gasteiger partial charge in [-0.2, -0.15) is 36.9 Å². The second-order valence-electron chi connectivity index (χ2n) is 2.38. The Hall–Kier alpha value is -1.96. The van der Waals surface area contributed by atoms with Gasteiger partial charge in [0.2, 0.25) is 0 Å². The molecule has 2 nitrogen and oxygen atoms in total. The maximum absolute atomic E-state index is 11.9. The summed E-state index contributed by atoms with van der Waals surface area (Å²) in [5.41, 5.74) is -3.63. The van der Waals surface area contributed by atoms with E-state index < -0.39 is 23.5 Å². The maximum atomic E-state index is 11.9. The Labute approximate surface area is 85.7 Å². The monoisotopic (exact) mass is 240 g/mol. The lowest BCUT2D eigenvalue weighted by molar-refractivity contribution is -0.171. The molecule has 0 spiro atoms. The molecule has 0 aliphatic heterocycles. The van der Waals surface area contributed by atoms with Crippen LogP contribution in [0.5, 0.6) is 0 Å². The second-order valence-corrected chi connectivity index (χ2v) is 2.38. The van der Waals surface area contributed by atoms with Crippen molar-refractivity contribution in [3.63, 3.8) is 0 Å². The van der Waals surface area contributed by atoms with Crippen LogP contribution in [0.1, 0.15) is 0 Å². The summed E-state index contributed by atoms with van der Waals surface area (Å²) in [4.78, 5) is 0. The Morgan fingerprint density at radius 3 is 1.44 bits per heavy atom. The fourth-order valence-corrected chi connectivity index (χ4v) is 0.616. The lowest BCUT2D eigenvalue weighted by Crippen LogP contribution is -2.25. The van der Waals surface area contributed by atoms with Crippen LogP contribution in [-0.2, 0) is 0 Å². The zero-order valence-corrected chi connectivity index (χ0v) is 7.32. The number of rotatable bonds is 1. The normalized spacial score (nSPS) is 11.0. The van der Waals surface area contributed by atoms with Crippen LogP contribution in [0.15, 0.2) is 23.3 Å². The first-order chi connectivity index (χ1) is 7.12. The van der Waals surface area contributed by atoms with Gasteiger partial charge in [-0.25, -0.2) is 0 Å². The molecular formula is C8H2F6N2. The van der Waals surface area contributed by atoms with Gasteiger partial charge in [-0.15, -0.1) is 0 Å². The quantitative estimate of drug-likeness (QED) is 0.401. The molecule has 0 saturated heterocycles. The molecule has 0 bridgehead atoms. The van der Waals surface area contributed by atoms with Crippen molar-refractivity contribution in [1.29, 1.82) is 10.5 Å². The zero-order valence-electron chi connectivity index (χ0n) is 7.32. The topological polar surface area (TPSA) is 47.6 Å². The van der Waals surface area contributed by atoms with Crippen molar-refractivity contribution in [2.24, 2.45) is 0 Å². The summed E-state index contributed by atoms with van der Waals surface area (Å²) in [5, 5.41) is 16.2. The fourth-order valence-electron chi connectivity index (χ4n) is 0.616. The number of nitriles is 2. The van der Waals surface area contributed by atoms with Crippen LogP contribution in [0.25, 0.3) is 0 Å². The summed E-state index contributed by atoms with van der Waals surface area (Å²) in [6, 6.07) is 2.26. The van der Waals surface area contributed by atoms with Crippen molar-refractivity contribution in [2.75, 3.05) is 0 Å². The van der Waals surface area contributed by atoms with Gasteiger partial charge in [0.1, 0.15) is 23.3 Å². The predicted molar refractivity (Wildman–Crippen MR) is 39.5 cm³/mol. The van der Waals surface area contributed by atoms with E-state index in [1.54, 1.807) is 0 Å². The first-order valence-corrected chi connectivity index (χ1v) is 3.49. The minimum atomic E-state index is -5.59. The minimum absolute atomic E-state index is 0.163. The molecule has 0 aromatic heterocycles. The Morgan fingerprint density at radius 2 is 1.19 bits per heavy atom. The van der Waals surface area contributed by atoms with Crippen molar-refractivity contribution < 1.29 is 26.3 Å². The Balaban J connectivity index is 5.44. The molecule has 86 valence electrons. The number of alkyl halides is 6. The van der Waals surface area contributed by atoms with Crippen LogP contribution < -0.4 is 0 Å². The highest BCUT2D eigenvalue weighted by Crippen LogP contribution is 2.38. The lowest BCUT2D eigenvalue weighted by atomic mass is 10.2. The highest BCUT2D eigenvalue weighted by Gasteiger charge is 2.50. The van der Waals surface area contributed by atoms with Crippen LogP contribution in [0.4, 0.5) is 26.3 Å². The maximum Gasteiger partial charge on any atom is 0.421 e. The second kappa shape index (κ2) is 4.71. The van der Waals surface area contributed by atoms with E-state index in [1.165, 1.54) is 0 Å². The lowest BCUT2D eigenvalue weighted by Gasteiger charge is -2.13. The summed E-state index contributed by atoms with van der Waals surface area (Å²) in [6.07, 6.45) is -11.4. The van der Waals surface area contributed by atoms with E-state index in [9.17, 15) is 26.3 Å². The molecule has 0 N–H and O–H groups in total. The minimum Gasteiger partial charge on any atom is -0.192 e. The van der Waals surface area contributed by atoms with E-state index in [4.69, 9.17) is 10.5 Å². The molecule has 8 heteroatoms. The standard InChI is InChI=1S/C8H2F6N2/c9-7(10,11)6(8(12,13)14)2-1-5(3-15)4-16/h1-2H. The number of halogens is 6. The zero-order chi connectivity index (χ0) is 13.0. The van der Waals surface area contributed by atoms with Crippen molar-refractivity contribution in [3.05, 3.63) is 23.3 Å². The molecule has 0 atom stereocenters. The van der Waals surface area contributed by atoms with E-state index in [2.05, 4.69) is 0 Å². The molecule has 0 fully saturated rings. The predicted octanol–water partition coefficient (Wildman–Crippen LogP) is 3.01. The third kappa shape index (κ3) is 4.05. The van der Waals surface area contributed by atoms with Gasteiger partial charge in [0.15, 0.2) is 0 Å². The molecule has 0 aromatic carbocycles. The smallest absolute Gasteiger partial charge is 0.192 e. The molecule has 16 heavy (non-hydrogen) atoms. The van der Waals surface area contributed by atoms with Crippen LogP contribution in [0, 0.1) is 22.7 Å². The third-order valence-electron chi connectivity index (χ3n) is 1.27. The van der Waals surface area contributed by atoms with Crippen molar-refractivity contribution in [2.45, 2.75) is 12.4 Å². The molecule has 0 aromatic rings. The molecule has 0 amide bonds. The number of hydrogen-bond acceptors (Lipinski definition) is 2. The molecule has 0 aliphatic rings. The van der Waals surface area contributed by atoms with Gasteiger partial charge >= 0.3 is 12.4 Å². The van der Waals surface area contributed by atoms with Crippen LogP contribution >= 0.6 is 0 Å².